The Morgan fingerprint density at radius 3 is 2.94 bits per heavy atom. The summed E-state index contributed by atoms with van der Waals surface area (Å²) < 4.78 is 5.65. The Hall–Kier alpha value is -1.87. The van der Waals surface area contributed by atoms with Crippen LogP contribution in [0.1, 0.15) is 11.1 Å². The molecule has 0 spiro atoms. The molecule has 1 N–H and O–H groups in total. The zero-order valence-corrected chi connectivity index (χ0v) is 10.6. The van der Waals surface area contributed by atoms with E-state index in [1.807, 2.05) is 30.5 Å². The van der Waals surface area contributed by atoms with Crippen molar-refractivity contribution < 1.29 is 4.74 Å². The Labute approximate surface area is 108 Å². The maximum atomic E-state index is 5.65. The van der Waals surface area contributed by atoms with E-state index in [1.165, 1.54) is 11.1 Å². The number of hydrogen-bond acceptors (Lipinski definition) is 3. The average Bonchev–Trinajstić information content (AvgIpc) is 2.40. The summed E-state index contributed by atoms with van der Waals surface area (Å²) in [6, 6.07) is 12.1. The van der Waals surface area contributed by atoms with Gasteiger partial charge in [0.2, 0.25) is 0 Å². The van der Waals surface area contributed by atoms with Gasteiger partial charge in [0.25, 0.3) is 0 Å². The van der Waals surface area contributed by atoms with Gasteiger partial charge in [-0.1, -0.05) is 18.2 Å². The molecule has 94 valence electrons. The van der Waals surface area contributed by atoms with Crippen molar-refractivity contribution in [3.05, 3.63) is 59.9 Å². The summed E-state index contributed by atoms with van der Waals surface area (Å²) in [5.74, 6) is 0.929. The van der Waals surface area contributed by atoms with Crippen LogP contribution in [0.25, 0.3) is 0 Å². The first kappa shape index (κ1) is 12.6. The summed E-state index contributed by atoms with van der Waals surface area (Å²) in [6.45, 7) is 4.38. The minimum absolute atomic E-state index is 0.670. The van der Waals surface area contributed by atoms with Crippen LogP contribution < -0.4 is 10.1 Å². The Balaban J connectivity index is 1.65. The van der Waals surface area contributed by atoms with Crippen LogP contribution >= 0.6 is 0 Å². The third-order valence-electron chi connectivity index (χ3n) is 2.59. The Kier molecular flexibility index (Phi) is 4.73. The molecule has 18 heavy (non-hydrogen) atoms. The van der Waals surface area contributed by atoms with Crippen LogP contribution in [0.15, 0.2) is 48.8 Å². The van der Waals surface area contributed by atoms with Crippen LogP contribution in [0, 0.1) is 6.92 Å². The molecule has 0 bridgehead atoms. The van der Waals surface area contributed by atoms with Crippen molar-refractivity contribution in [3.8, 4) is 5.75 Å². The molecule has 0 amide bonds. The highest BCUT2D eigenvalue weighted by atomic mass is 16.5. The van der Waals surface area contributed by atoms with Gasteiger partial charge in [-0.25, -0.2) is 0 Å². The highest BCUT2D eigenvalue weighted by molar-refractivity contribution is 5.27. The first-order valence-corrected chi connectivity index (χ1v) is 6.14. The zero-order valence-electron chi connectivity index (χ0n) is 10.6. The Bertz CT molecular complexity index is 471. The van der Waals surface area contributed by atoms with Crippen molar-refractivity contribution in [1.82, 2.24) is 10.3 Å². The molecule has 0 aliphatic carbocycles. The van der Waals surface area contributed by atoms with Gasteiger partial charge in [0, 0.05) is 25.5 Å². The van der Waals surface area contributed by atoms with E-state index in [1.54, 1.807) is 6.20 Å². The summed E-state index contributed by atoms with van der Waals surface area (Å²) >= 11 is 0. The van der Waals surface area contributed by atoms with Gasteiger partial charge in [-0.2, -0.15) is 0 Å². The first-order valence-electron chi connectivity index (χ1n) is 6.14. The van der Waals surface area contributed by atoms with Crippen LogP contribution in [-0.4, -0.2) is 18.1 Å². The molecule has 0 unspecified atom stereocenters. The van der Waals surface area contributed by atoms with Crippen LogP contribution in [-0.2, 0) is 6.54 Å². The summed E-state index contributed by atoms with van der Waals surface area (Å²) in [7, 11) is 0. The highest BCUT2D eigenvalue weighted by Gasteiger charge is 1.94. The molecule has 3 heteroatoms. The number of rotatable bonds is 6. The van der Waals surface area contributed by atoms with Crippen LogP contribution in [0.4, 0.5) is 0 Å². The lowest BCUT2D eigenvalue weighted by Crippen LogP contribution is -2.20. The average molecular weight is 242 g/mol. The van der Waals surface area contributed by atoms with Gasteiger partial charge >= 0.3 is 0 Å². The van der Waals surface area contributed by atoms with Crippen molar-refractivity contribution in [2.75, 3.05) is 13.2 Å². The molecule has 1 aromatic carbocycles. The summed E-state index contributed by atoms with van der Waals surface area (Å²) in [5, 5.41) is 3.32. The number of benzene rings is 1. The van der Waals surface area contributed by atoms with E-state index >= 15 is 0 Å². The molecule has 0 saturated carbocycles. The van der Waals surface area contributed by atoms with Gasteiger partial charge in [-0.05, 0) is 36.2 Å². The van der Waals surface area contributed by atoms with Gasteiger partial charge in [0.15, 0.2) is 0 Å². The molecule has 0 atom stereocenters. The van der Waals surface area contributed by atoms with Crippen LogP contribution in [0.5, 0.6) is 5.75 Å². The van der Waals surface area contributed by atoms with Crippen molar-refractivity contribution >= 4 is 0 Å². The van der Waals surface area contributed by atoms with Crippen molar-refractivity contribution in [3.63, 3.8) is 0 Å². The van der Waals surface area contributed by atoms with E-state index < -0.39 is 0 Å². The minimum Gasteiger partial charge on any atom is -0.492 e. The van der Waals surface area contributed by atoms with E-state index in [9.17, 15) is 0 Å². The lowest BCUT2D eigenvalue weighted by atomic mass is 10.2. The summed E-state index contributed by atoms with van der Waals surface area (Å²) in [5.41, 5.74) is 2.41. The highest BCUT2D eigenvalue weighted by Crippen LogP contribution is 2.11. The summed E-state index contributed by atoms with van der Waals surface area (Å²) in [6.07, 6.45) is 3.65. The molecule has 0 aliphatic rings. The largest absolute Gasteiger partial charge is 0.492 e. The molecule has 0 fully saturated rings. The van der Waals surface area contributed by atoms with E-state index in [0.717, 1.165) is 18.8 Å². The first-order chi connectivity index (χ1) is 8.84. The van der Waals surface area contributed by atoms with Crippen molar-refractivity contribution in [2.45, 2.75) is 13.5 Å². The lowest BCUT2D eigenvalue weighted by molar-refractivity contribution is 0.313. The number of aromatic nitrogens is 1. The molecule has 3 nitrogen and oxygen atoms in total. The van der Waals surface area contributed by atoms with Gasteiger partial charge in [0.05, 0.1) is 0 Å². The van der Waals surface area contributed by atoms with Crippen LogP contribution in [0.3, 0.4) is 0 Å². The molecule has 2 aromatic rings. The number of pyridine rings is 1. The molecule has 1 heterocycles. The third kappa shape index (κ3) is 4.18. The van der Waals surface area contributed by atoms with Gasteiger partial charge in [0.1, 0.15) is 12.4 Å². The second kappa shape index (κ2) is 6.77. The predicted octanol–water partition coefficient (Wildman–Crippen LogP) is 2.56. The van der Waals surface area contributed by atoms with E-state index in [0.29, 0.717) is 6.61 Å². The lowest BCUT2D eigenvalue weighted by Gasteiger charge is -2.08. The number of aryl methyl sites for hydroxylation is 1. The number of hydrogen-bond donors (Lipinski definition) is 1. The molecular weight excluding hydrogens is 224 g/mol. The maximum absolute atomic E-state index is 5.65. The molecular formula is C15H18N2O. The second-order valence-electron chi connectivity index (χ2n) is 4.20. The van der Waals surface area contributed by atoms with Gasteiger partial charge in [-0.15, -0.1) is 0 Å². The minimum atomic E-state index is 0.670. The monoisotopic (exact) mass is 242 g/mol. The second-order valence-corrected chi connectivity index (χ2v) is 4.20. The van der Waals surface area contributed by atoms with Crippen molar-refractivity contribution in [2.24, 2.45) is 0 Å². The molecule has 0 aliphatic heterocycles. The van der Waals surface area contributed by atoms with Gasteiger partial charge in [-0.3, -0.25) is 4.98 Å². The Morgan fingerprint density at radius 1 is 1.22 bits per heavy atom. The number of nitrogens with one attached hydrogen (secondary N) is 1. The topological polar surface area (TPSA) is 34.1 Å². The Morgan fingerprint density at radius 2 is 2.17 bits per heavy atom. The fraction of sp³-hybridized carbons (Fsp3) is 0.267. The van der Waals surface area contributed by atoms with Gasteiger partial charge < -0.3 is 10.1 Å². The fourth-order valence-electron chi connectivity index (χ4n) is 1.68. The quantitative estimate of drug-likeness (QED) is 0.790. The normalized spacial score (nSPS) is 10.3. The molecule has 2 rings (SSSR count). The third-order valence-corrected chi connectivity index (χ3v) is 2.59. The SMILES string of the molecule is Cc1cccc(OCCNCc2cccnc2)c1. The fourth-order valence-corrected chi connectivity index (χ4v) is 1.68. The van der Waals surface area contributed by atoms with Crippen LogP contribution in [0.2, 0.25) is 0 Å². The molecule has 1 aromatic heterocycles. The maximum Gasteiger partial charge on any atom is 0.119 e. The van der Waals surface area contributed by atoms with E-state index in [4.69, 9.17) is 4.74 Å². The smallest absolute Gasteiger partial charge is 0.119 e. The van der Waals surface area contributed by atoms with Crippen molar-refractivity contribution in [1.29, 1.82) is 0 Å². The number of nitrogens with zero attached hydrogens (tertiary/aromatic N) is 1. The van der Waals surface area contributed by atoms with E-state index in [-0.39, 0.29) is 0 Å². The van der Waals surface area contributed by atoms with E-state index in [2.05, 4.69) is 29.4 Å². The zero-order chi connectivity index (χ0) is 12.6. The molecule has 0 radical (unpaired) electrons. The molecule has 0 saturated heterocycles. The summed E-state index contributed by atoms with van der Waals surface area (Å²) in [4.78, 5) is 4.07. The standard InChI is InChI=1S/C15H18N2O/c1-13-4-2-6-15(10-13)18-9-8-17-12-14-5-3-7-16-11-14/h2-7,10-11,17H,8-9,12H2,1H3. The predicted molar refractivity (Wildman–Crippen MR) is 72.6 cm³/mol. The number of ether oxygens (including phenoxy) is 1.